The number of amides is 1. The lowest BCUT2D eigenvalue weighted by Gasteiger charge is -2.23. The fourth-order valence-corrected chi connectivity index (χ4v) is 2.31. The summed E-state index contributed by atoms with van der Waals surface area (Å²) >= 11 is 0. The lowest BCUT2D eigenvalue weighted by molar-refractivity contribution is 0.0916. The molecule has 1 N–H and O–H groups in total. The van der Waals surface area contributed by atoms with Gasteiger partial charge < -0.3 is 5.32 Å². The van der Waals surface area contributed by atoms with Crippen molar-refractivity contribution in [2.75, 3.05) is 0 Å². The number of pyridine rings is 1. The zero-order valence-corrected chi connectivity index (χ0v) is 13.7. The van der Waals surface area contributed by atoms with Crippen molar-refractivity contribution in [3.8, 4) is 12.1 Å². The van der Waals surface area contributed by atoms with Crippen LogP contribution in [0.1, 0.15) is 40.7 Å². The maximum absolute atomic E-state index is 12.4. The fourth-order valence-electron chi connectivity index (χ4n) is 2.31. The van der Waals surface area contributed by atoms with Crippen LogP contribution in [0, 0.1) is 29.6 Å². The molecule has 1 amide bonds. The quantitative estimate of drug-likeness (QED) is 0.918. The van der Waals surface area contributed by atoms with Gasteiger partial charge in [-0.1, -0.05) is 30.3 Å². The highest BCUT2D eigenvalue weighted by molar-refractivity contribution is 5.93. The number of nitrogens with one attached hydrogen (secondary N) is 1. The summed E-state index contributed by atoms with van der Waals surface area (Å²) in [5.74, 6) is -0.417. The van der Waals surface area contributed by atoms with Crippen LogP contribution in [0.5, 0.6) is 0 Å². The SMILES string of the molecule is Cc1nc(C(=O)N[C@](C)(C#N)CCc2ccccc2)ccc1C#N. The molecule has 1 atom stereocenters. The molecule has 0 fully saturated rings. The lowest BCUT2D eigenvalue weighted by atomic mass is 9.94. The average molecular weight is 318 g/mol. The number of nitriles is 2. The van der Waals surface area contributed by atoms with Crippen LogP contribution in [-0.4, -0.2) is 16.4 Å². The standard InChI is InChI=1S/C19H18N4O/c1-14-16(12-20)8-9-17(22-14)18(24)23-19(2,13-21)11-10-15-6-4-3-5-7-15/h3-9H,10-11H2,1-2H3,(H,23,24)/t19-/m0/s1. The number of rotatable bonds is 5. The summed E-state index contributed by atoms with van der Waals surface area (Å²) in [5, 5.41) is 21.1. The second-order valence-corrected chi connectivity index (χ2v) is 5.82. The molecular formula is C19H18N4O. The first-order valence-electron chi connectivity index (χ1n) is 7.63. The number of aromatic nitrogens is 1. The number of carbonyl (C=O) groups is 1. The van der Waals surface area contributed by atoms with Crippen LogP contribution >= 0.6 is 0 Å². The summed E-state index contributed by atoms with van der Waals surface area (Å²) in [6, 6.07) is 17.1. The minimum absolute atomic E-state index is 0.202. The van der Waals surface area contributed by atoms with Gasteiger partial charge in [-0.25, -0.2) is 4.98 Å². The molecule has 0 radical (unpaired) electrons. The van der Waals surface area contributed by atoms with Crippen molar-refractivity contribution in [3.63, 3.8) is 0 Å². The van der Waals surface area contributed by atoms with Crippen LogP contribution in [0.3, 0.4) is 0 Å². The third kappa shape index (κ3) is 4.18. The van der Waals surface area contributed by atoms with E-state index in [4.69, 9.17) is 5.26 Å². The second kappa shape index (κ2) is 7.39. The van der Waals surface area contributed by atoms with Gasteiger partial charge in [0.05, 0.1) is 17.3 Å². The van der Waals surface area contributed by atoms with Crippen molar-refractivity contribution in [1.82, 2.24) is 10.3 Å². The third-order valence-electron chi connectivity index (χ3n) is 3.83. The van der Waals surface area contributed by atoms with Crippen LogP contribution in [-0.2, 0) is 6.42 Å². The third-order valence-corrected chi connectivity index (χ3v) is 3.83. The molecule has 5 nitrogen and oxygen atoms in total. The van der Waals surface area contributed by atoms with Crippen molar-refractivity contribution in [1.29, 1.82) is 10.5 Å². The van der Waals surface area contributed by atoms with Gasteiger partial charge in [0.2, 0.25) is 0 Å². The predicted molar refractivity (Wildman–Crippen MR) is 89.9 cm³/mol. The van der Waals surface area contributed by atoms with Gasteiger partial charge in [-0.2, -0.15) is 10.5 Å². The minimum atomic E-state index is -0.990. The van der Waals surface area contributed by atoms with Crippen molar-refractivity contribution >= 4 is 5.91 Å². The Labute approximate surface area is 141 Å². The number of hydrogen-bond donors (Lipinski definition) is 1. The van der Waals surface area contributed by atoms with E-state index in [2.05, 4.69) is 16.4 Å². The molecule has 0 aliphatic carbocycles. The highest BCUT2D eigenvalue weighted by Gasteiger charge is 2.27. The van der Waals surface area contributed by atoms with Gasteiger partial charge >= 0.3 is 0 Å². The van der Waals surface area contributed by atoms with Gasteiger partial charge in [-0.05, 0) is 44.4 Å². The van der Waals surface area contributed by atoms with Crippen molar-refractivity contribution in [3.05, 3.63) is 65.0 Å². The minimum Gasteiger partial charge on any atom is -0.333 e. The number of hydrogen-bond acceptors (Lipinski definition) is 4. The van der Waals surface area contributed by atoms with Crippen molar-refractivity contribution < 1.29 is 4.79 Å². The smallest absolute Gasteiger partial charge is 0.271 e. The first-order valence-corrected chi connectivity index (χ1v) is 7.63. The molecule has 0 saturated heterocycles. The highest BCUT2D eigenvalue weighted by atomic mass is 16.2. The molecule has 0 aliphatic rings. The Morgan fingerprint density at radius 2 is 1.92 bits per heavy atom. The van der Waals surface area contributed by atoms with E-state index in [-0.39, 0.29) is 5.69 Å². The summed E-state index contributed by atoms with van der Waals surface area (Å²) in [7, 11) is 0. The van der Waals surface area contributed by atoms with E-state index in [0.717, 1.165) is 5.56 Å². The van der Waals surface area contributed by atoms with Crippen molar-refractivity contribution in [2.24, 2.45) is 0 Å². The van der Waals surface area contributed by atoms with Crippen LogP contribution in [0.4, 0.5) is 0 Å². The number of aryl methyl sites for hydroxylation is 2. The van der Waals surface area contributed by atoms with Gasteiger partial charge in [-0.3, -0.25) is 4.79 Å². The number of carbonyl (C=O) groups excluding carboxylic acids is 1. The van der Waals surface area contributed by atoms with E-state index >= 15 is 0 Å². The number of benzene rings is 1. The van der Waals surface area contributed by atoms with Crippen LogP contribution in [0.15, 0.2) is 42.5 Å². The molecule has 24 heavy (non-hydrogen) atoms. The zero-order chi connectivity index (χ0) is 17.6. The predicted octanol–water partition coefficient (Wildman–Crippen LogP) is 2.91. The summed E-state index contributed by atoms with van der Waals surface area (Å²) in [6.45, 7) is 3.37. The Morgan fingerprint density at radius 1 is 1.21 bits per heavy atom. The van der Waals surface area contributed by atoms with Gasteiger partial charge in [0.15, 0.2) is 0 Å². The van der Waals surface area contributed by atoms with Gasteiger partial charge in [0.25, 0.3) is 5.91 Å². The molecular weight excluding hydrogens is 300 g/mol. The van der Waals surface area contributed by atoms with E-state index in [1.165, 1.54) is 6.07 Å². The van der Waals surface area contributed by atoms with E-state index in [1.54, 1.807) is 19.9 Å². The van der Waals surface area contributed by atoms with E-state index in [1.807, 2.05) is 36.4 Å². The summed E-state index contributed by atoms with van der Waals surface area (Å²) < 4.78 is 0. The first-order chi connectivity index (χ1) is 11.5. The maximum Gasteiger partial charge on any atom is 0.271 e. The summed E-state index contributed by atoms with van der Waals surface area (Å²) in [5.41, 5.74) is 1.25. The van der Waals surface area contributed by atoms with Crippen LogP contribution in [0.2, 0.25) is 0 Å². The van der Waals surface area contributed by atoms with Gasteiger partial charge in [0.1, 0.15) is 17.3 Å². The lowest BCUT2D eigenvalue weighted by Crippen LogP contribution is -2.45. The van der Waals surface area contributed by atoms with Gasteiger partial charge in [0, 0.05) is 0 Å². The number of nitrogens with zero attached hydrogens (tertiary/aromatic N) is 3. The first kappa shape index (κ1) is 17.2. The maximum atomic E-state index is 12.4. The van der Waals surface area contributed by atoms with Crippen molar-refractivity contribution in [2.45, 2.75) is 32.2 Å². The summed E-state index contributed by atoms with van der Waals surface area (Å²) in [6.07, 6.45) is 1.18. The monoisotopic (exact) mass is 318 g/mol. The second-order valence-electron chi connectivity index (χ2n) is 5.82. The molecule has 0 saturated carbocycles. The van der Waals surface area contributed by atoms with Crippen LogP contribution < -0.4 is 5.32 Å². The molecule has 5 heteroatoms. The van der Waals surface area contributed by atoms with Crippen LogP contribution in [0.25, 0.3) is 0 Å². The molecule has 0 aliphatic heterocycles. The highest BCUT2D eigenvalue weighted by Crippen LogP contribution is 2.15. The molecule has 1 aromatic carbocycles. The molecule has 0 unspecified atom stereocenters. The normalized spacial score (nSPS) is 12.5. The van der Waals surface area contributed by atoms with E-state index in [0.29, 0.717) is 24.1 Å². The molecule has 1 aromatic heterocycles. The Balaban J connectivity index is 2.08. The Kier molecular flexibility index (Phi) is 5.29. The molecule has 2 rings (SSSR count). The Hall–Kier alpha value is -3.18. The largest absolute Gasteiger partial charge is 0.333 e. The molecule has 0 bridgehead atoms. The molecule has 1 heterocycles. The average Bonchev–Trinajstić information content (AvgIpc) is 2.61. The topological polar surface area (TPSA) is 89.6 Å². The fraction of sp³-hybridized carbons (Fsp3) is 0.263. The molecule has 120 valence electrons. The van der Waals surface area contributed by atoms with E-state index in [9.17, 15) is 10.1 Å². The zero-order valence-electron chi connectivity index (χ0n) is 13.7. The van der Waals surface area contributed by atoms with Gasteiger partial charge in [-0.15, -0.1) is 0 Å². The summed E-state index contributed by atoms with van der Waals surface area (Å²) in [4.78, 5) is 16.5. The Bertz CT molecular complexity index is 817. The van der Waals surface area contributed by atoms with E-state index < -0.39 is 11.4 Å². The molecule has 2 aromatic rings. The molecule has 0 spiro atoms. The Morgan fingerprint density at radius 3 is 2.50 bits per heavy atom.